The summed E-state index contributed by atoms with van der Waals surface area (Å²) in [6.45, 7) is 3.83. The SMILES string of the molecule is CNC(=O)c1cc(Oc2ccc3nc(NCc4ccccc4N4CCOCC4)oc3c2)ccn1. The van der Waals surface area contributed by atoms with Gasteiger partial charge in [-0.05, 0) is 29.8 Å². The van der Waals surface area contributed by atoms with E-state index in [4.69, 9.17) is 13.9 Å². The number of morpholine rings is 1. The van der Waals surface area contributed by atoms with Gasteiger partial charge in [-0.3, -0.25) is 9.78 Å². The van der Waals surface area contributed by atoms with Gasteiger partial charge in [0.25, 0.3) is 11.9 Å². The van der Waals surface area contributed by atoms with E-state index in [1.807, 2.05) is 18.2 Å². The molecule has 174 valence electrons. The van der Waals surface area contributed by atoms with Gasteiger partial charge in [-0.15, -0.1) is 0 Å². The van der Waals surface area contributed by atoms with Crippen molar-refractivity contribution in [2.24, 2.45) is 0 Å². The van der Waals surface area contributed by atoms with Crippen molar-refractivity contribution in [3.63, 3.8) is 0 Å². The molecule has 4 aromatic rings. The second-order valence-corrected chi connectivity index (χ2v) is 7.79. The third-order valence-electron chi connectivity index (χ3n) is 5.56. The number of hydrogen-bond acceptors (Lipinski definition) is 8. The number of oxazole rings is 1. The Morgan fingerprint density at radius 1 is 1.09 bits per heavy atom. The van der Waals surface area contributed by atoms with Gasteiger partial charge in [0.15, 0.2) is 5.58 Å². The van der Waals surface area contributed by atoms with E-state index in [2.05, 4.69) is 43.7 Å². The minimum Gasteiger partial charge on any atom is -0.457 e. The quantitative estimate of drug-likeness (QED) is 0.430. The Morgan fingerprint density at radius 2 is 1.91 bits per heavy atom. The van der Waals surface area contributed by atoms with Gasteiger partial charge < -0.3 is 29.4 Å². The van der Waals surface area contributed by atoms with E-state index in [1.165, 1.54) is 17.4 Å². The number of carbonyl (C=O) groups is 1. The number of carbonyl (C=O) groups excluding carboxylic acids is 1. The lowest BCUT2D eigenvalue weighted by Gasteiger charge is -2.30. The zero-order valence-electron chi connectivity index (χ0n) is 18.8. The first-order chi connectivity index (χ1) is 16.7. The van der Waals surface area contributed by atoms with Crippen LogP contribution in [0, 0.1) is 0 Å². The molecule has 1 fully saturated rings. The second-order valence-electron chi connectivity index (χ2n) is 7.79. The van der Waals surface area contributed by atoms with Crippen LogP contribution in [-0.2, 0) is 11.3 Å². The normalized spacial score (nSPS) is 13.6. The highest BCUT2D eigenvalue weighted by Crippen LogP contribution is 2.28. The topological polar surface area (TPSA) is 102 Å². The number of nitrogens with zero attached hydrogens (tertiary/aromatic N) is 3. The zero-order chi connectivity index (χ0) is 23.3. The monoisotopic (exact) mass is 459 g/mol. The van der Waals surface area contributed by atoms with Gasteiger partial charge in [0.05, 0.1) is 13.2 Å². The molecule has 3 heterocycles. The highest BCUT2D eigenvalue weighted by atomic mass is 16.5. The molecule has 0 saturated carbocycles. The molecule has 1 aliphatic heterocycles. The van der Waals surface area contributed by atoms with Gasteiger partial charge in [0.2, 0.25) is 0 Å². The third kappa shape index (κ3) is 4.79. The van der Waals surface area contributed by atoms with Crippen molar-refractivity contribution < 1.29 is 18.7 Å². The third-order valence-corrected chi connectivity index (χ3v) is 5.56. The van der Waals surface area contributed by atoms with Crippen molar-refractivity contribution >= 4 is 28.7 Å². The number of ether oxygens (including phenoxy) is 2. The Hall–Kier alpha value is -4.11. The maximum Gasteiger partial charge on any atom is 0.295 e. The summed E-state index contributed by atoms with van der Waals surface area (Å²) in [6, 6.07) is 17.5. The average molecular weight is 460 g/mol. The summed E-state index contributed by atoms with van der Waals surface area (Å²) in [4.78, 5) is 22.7. The molecule has 0 unspecified atom stereocenters. The van der Waals surface area contributed by atoms with Gasteiger partial charge in [-0.25, -0.2) is 0 Å². The van der Waals surface area contributed by atoms with Crippen LogP contribution >= 0.6 is 0 Å². The number of aromatic nitrogens is 2. The summed E-state index contributed by atoms with van der Waals surface area (Å²) in [5.41, 5.74) is 3.96. The second kappa shape index (κ2) is 9.80. The first-order valence-corrected chi connectivity index (χ1v) is 11.1. The van der Waals surface area contributed by atoms with Gasteiger partial charge in [-0.1, -0.05) is 18.2 Å². The van der Waals surface area contributed by atoms with Crippen molar-refractivity contribution in [1.29, 1.82) is 0 Å². The molecule has 1 amide bonds. The Kier molecular flexibility index (Phi) is 6.26. The molecular weight excluding hydrogens is 434 g/mol. The first-order valence-electron chi connectivity index (χ1n) is 11.1. The van der Waals surface area contributed by atoms with Crippen LogP contribution in [0.5, 0.6) is 11.5 Å². The van der Waals surface area contributed by atoms with Crippen LogP contribution in [-0.4, -0.2) is 49.2 Å². The zero-order valence-corrected chi connectivity index (χ0v) is 18.8. The predicted molar refractivity (Wildman–Crippen MR) is 129 cm³/mol. The molecule has 1 aliphatic rings. The largest absolute Gasteiger partial charge is 0.457 e. The lowest BCUT2D eigenvalue weighted by atomic mass is 10.1. The molecule has 0 atom stereocenters. The summed E-state index contributed by atoms with van der Waals surface area (Å²) >= 11 is 0. The van der Waals surface area contributed by atoms with Crippen molar-refractivity contribution in [2.45, 2.75) is 6.54 Å². The first kappa shape index (κ1) is 21.7. The van der Waals surface area contributed by atoms with E-state index in [0.717, 1.165) is 31.8 Å². The Balaban J connectivity index is 1.29. The van der Waals surface area contributed by atoms with E-state index in [1.54, 1.807) is 25.2 Å². The Bertz CT molecular complexity index is 1300. The molecule has 0 radical (unpaired) electrons. The number of benzene rings is 2. The van der Waals surface area contributed by atoms with Gasteiger partial charge >= 0.3 is 0 Å². The number of hydrogen-bond donors (Lipinski definition) is 2. The smallest absolute Gasteiger partial charge is 0.295 e. The van der Waals surface area contributed by atoms with Crippen LogP contribution < -0.4 is 20.3 Å². The van der Waals surface area contributed by atoms with Crippen LogP contribution in [0.15, 0.2) is 65.2 Å². The number of nitrogens with one attached hydrogen (secondary N) is 2. The highest BCUT2D eigenvalue weighted by Gasteiger charge is 2.15. The Morgan fingerprint density at radius 3 is 2.76 bits per heavy atom. The number of anilines is 2. The maximum absolute atomic E-state index is 11.8. The van der Waals surface area contributed by atoms with Crippen molar-refractivity contribution in [3.05, 3.63) is 72.1 Å². The minimum atomic E-state index is -0.276. The fourth-order valence-electron chi connectivity index (χ4n) is 3.85. The minimum absolute atomic E-state index is 0.276. The molecule has 2 N–H and O–H groups in total. The van der Waals surface area contributed by atoms with E-state index < -0.39 is 0 Å². The summed E-state index contributed by atoms with van der Waals surface area (Å²) < 4.78 is 17.3. The number of pyridine rings is 1. The predicted octanol–water partition coefficient (Wildman–Crippen LogP) is 3.82. The molecule has 9 nitrogen and oxygen atoms in total. The molecule has 0 aliphatic carbocycles. The molecule has 2 aromatic carbocycles. The molecule has 5 rings (SSSR count). The van der Waals surface area contributed by atoms with E-state index in [-0.39, 0.29) is 11.6 Å². The van der Waals surface area contributed by atoms with Crippen LogP contribution in [0.3, 0.4) is 0 Å². The summed E-state index contributed by atoms with van der Waals surface area (Å²) in [5.74, 6) is 0.800. The van der Waals surface area contributed by atoms with Gasteiger partial charge in [0, 0.05) is 50.7 Å². The van der Waals surface area contributed by atoms with Crippen molar-refractivity contribution in [3.8, 4) is 11.5 Å². The van der Waals surface area contributed by atoms with Crippen LogP contribution in [0.1, 0.15) is 16.1 Å². The van der Waals surface area contributed by atoms with E-state index in [9.17, 15) is 4.79 Å². The lowest BCUT2D eigenvalue weighted by Crippen LogP contribution is -2.36. The molecular formula is C25H25N5O4. The maximum atomic E-state index is 11.8. The molecule has 0 bridgehead atoms. The van der Waals surface area contributed by atoms with E-state index >= 15 is 0 Å². The van der Waals surface area contributed by atoms with Crippen LogP contribution in [0.25, 0.3) is 11.1 Å². The Labute approximate surface area is 196 Å². The van der Waals surface area contributed by atoms with Gasteiger partial charge in [0.1, 0.15) is 22.7 Å². The van der Waals surface area contributed by atoms with Crippen LogP contribution in [0.2, 0.25) is 0 Å². The summed E-state index contributed by atoms with van der Waals surface area (Å²) in [7, 11) is 1.56. The highest BCUT2D eigenvalue weighted by molar-refractivity contribution is 5.92. The van der Waals surface area contributed by atoms with Crippen LogP contribution in [0.4, 0.5) is 11.7 Å². The lowest BCUT2D eigenvalue weighted by molar-refractivity contribution is 0.0958. The molecule has 34 heavy (non-hydrogen) atoms. The number of para-hydroxylation sites is 1. The van der Waals surface area contributed by atoms with Crippen molar-refractivity contribution in [2.75, 3.05) is 43.6 Å². The van der Waals surface area contributed by atoms with Crippen molar-refractivity contribution in [1.82, 2.24) is 15.3 Å². The molecule has 1 saturated heterocycles. The number of amides is 1. The standard InChI is InChI=1S/C25H25N5O4/c1-26-24(31)21-14-19(8-9-27-21)33-18-6-7-20-23(15-18)34-25(29-20)28-16-17-4-2-3-5-22(17)30-10-12-32-13-11-30/h2-9,14-15H,10-13,16H2,1H3,(H,26,31)(H,28,29). The fourth-order valence-corrected chi connectivity index (χ4v) is 3.85. The fraction of sp³-hybridized carbons (Fsp3) is 0.240. The van der Waals surface area contributed by atoms with Gasteiger partial charge in [-0.2, -0.15) is 4.98 Å². The molecule has 2 aromatic heterocycles. The number of rotatable bonds is 7. The molecule has 9 heteroatoms. The number of fused-ring (bicyclic) bond motifs is 1. The average Bonchev–Trinajstić information content (AvgIpc) is 3.30. The molecule has 0 spiro atoms. The summed E-state index contributed by atoms with van der Waals surface area (Å²) in [5, 5.41) is 5.85. The van der Waals surface area contributed by atoms with E-state index in [0.29, 0.717) is 29.6 Å². The summed E-state index contributed by atoms with van der Waals surface area (Å²) in [6.07, 6.45) is 1.53.